The third-order valence-corrected chi connectivity index (χ3v) is 6.43. The van der Waals surface area contributed by atoms with Gasteiger partial charge in [-0.3, -0.25) is 9.20 Å². The lowest BCUT2D eigenvalue weighted by molar-refractivity contribution is -0.125. The van der Waals surface area contributed by atoms with Crippen molar-refractivity contribution in [1.29, 1.82) is 5.26 Å². The minimum Gasteiger partial charge on any atom is -0.358 e. The molecule has 166 valence electrons. The van der Waals surface area contributed by atoms with Crippen molar-refractivity contribution in [3.63, 3.8) is 0 Å². The Morgan fingerprint density at radius 3 is 2.64 bits per heavy atom. The Morgan fingerprint density at radius 1 is 1.18 bits per heavy atom. The van der Waals surface area contributed by atoms with Crippen molar-refractivity contribution in [1.82, 2.24) is 14.7 Å². The highest BCUT2D eigenvalue weighted by Crippen LogP contribution is 2.31. The molecular formula is C26H24FN5O. The maximum atomic E-state index is 13.1. The zero-order valence-electron chi connectivity index (χ0n) is 18.4. The van der Waals surface area contributed by atoms with Crippen molar-refractivity contribution in [2.24, 2.45) is 5.92 Å². The van der Waals surface area contributed by atoms with Gasteiger partial charge in [0.1, 0.15) is 17.7 Å². The summed E-state index contributed by atoms with van der Waals surface area (Å²) in [6.45, 7) is 3.82. The summed E-state index contributed by atoms with van der Waals surface area (Å²) in [7, 11) is 0. The van der Waals surface area contributed by atoms with E-state index in [9.17, 15) is 14.4 Å². The van der Waals surface area contributed by atoms with E-state index in [1.54, 1.807) is 12.1 Å². The predicted octanol–water partition coefficient (Wildman–Crippen LogP) is 4.34. The van der Waals surface area contributed by atoms with Crippen LogP contribution in [0.3, 0.4) is 0 Å². The van der Waals surface area contributed by atoms with Crippen LogP contribution >= 0.6 is 0 Å². The maximum absolute atomic E-state index is 13.1. The first-order chi connectivity index (χ1) is 16.0. The Morgan fingerprint density at radius 2 is 1.91 bits per heavy atom. The summed E-state index contributed by atoms with van der Waals surface area (Å²) in [5.41, 5.74) is 4.87. The number of carbonyl (C=O) groups is 1. The normalized spacial score (nSPS) is 14.5. The standard InChI is InChI=1S/C26H24FN5O/c1-17-14-24(32-23-5-3-2-4-22(23)30-25(32)21(17)15-28)31-12-10-19(11-13-31)26(33)29-16-18-6-8-20(27)9-7-18/h2-9,14,19H,10-13,16H2,1H3,(H,29,33). The van der Waals surface area contributed by atoms with Crippen LogP contribution in [0.15, 0.2) is 54.6 Å². The van der Waals surface area contributed by atoms with Crippen LogP contribution in [0.4, 0.5) is 10.2 Å². The third kappa shape index (κ3) is 3.89. The van der Waals surface area contributed by atoms with Crippen molar-refractivity contribution in [2.75, 3.05) is 18.0 Å². The van der Waals surface area contributed by atoms with E-state index in [1.165, 1.54) is 12.1 Å². The Hall–Kier alpha value is -3.92. The molecule has 2 aromatic heterocycles. The number of hydrogen-bond acceptors (Lipinski definition) is 4. The SMILES string of the molecule is Cc1cc(N2CCC(C(=O)NCc3ccc(F)cc3)CC2)n2c(nc3ccccc32)c1C#N. The van der Waals surface area contributed by atoms with Crippen LogP contribution in [0.5, 0.6) is 0 Å². The van der Waals surface area contributed by atoms with Gasteiger partial charge in [0.05, 0.1) is 16.6 Å². The lowest BCUT2D eigenvalue weighted by atomic mass is 9.95. The molecule has 0 spiro atoms. The number of para-hydroxylation sites is 2. The summed E-state index contributed by atoms with van der Waals surface area (Å²) < 4.78 is 15.1. The van der Waals surface area contributed by atoms with Crippen molar-refractivity contribution in [3.8, 4) is 6.07 Å². The number of nitrogens with one attached hydrogen (secondary N) is 1. The van der Waals surface area contributed by atoms with Crippen LogP contribution in [-0.4, -0.2) is 28.4 Å². The number of aryl methyl sites for hydroxylation is 1. The van der Waals surface area contributed by atoms with Crippen LogP contribution in [-0.2, 0) is 11.3 Å². The molecular weight excluding hydrogens is 417 g/mol. The van der Waals surface area contributed by atoms with Gasteiger partial charge in [-0.25, -0.2) is 9.37 Å². The number of aromatic nitrogens is 2. The fourth-order valence-corrected chi connectivity index (χ4v) is 4.61. The van der Waals surface area contributed by atoms with Crippen LogP contribution in [0.25, 0.3) is 16.7 Å². The Balaban J connectivity index is 1.35. The molecule has 3 heterocycles. The van der Waals surface area contributed by atoms with Gasteiger partial charge in [-0.15, -0.1) is 0 Å². The zero-order valence-corrected chi connectivity index (χ0v) is 18.4. The van der Waals surface area contributed by atoms with Crippen LogP contribution in [0.1, 0.15) is 29.5 Å². The fourth-order valence-electron chi connectivity index (χ4n) is 4.61. The molecule has 1 N–H and O–H groups in total. The molecule has 4 aromatic rings. The number of halogens is 1. The molecule has 1 amide bonds. The van der Waals surface area contributed by atoms with E-state index in [-0.39, 0.29) is 17.6 Å². The fraction of sp³-hybridized carbons (Fsp3) is 0.269. The summed E-state index contributed by atoms with van der Waals surface area (Å²) in [4.78, 5) is 19.7. The summed E-state index contributed by atoms with van der Waals surface area (Å²) >= 11 is 0. The van der Waals surface area contributed by atoms with E-state index in [1.807, 2.05) is 31.2 Å². The first-order valence-corrected chi connectivity index (χ1v) is 11.1. The Bertz CT molecular complexity index is 1380. The number of benzene rings is 2. The number of imidazole rings is 1. The molecule has 0 saturated carbocycles. The van der Waals surface area contributed by atoms with E-state index in [4.69, 9.17) is 4.98 Å². The Labute approximate surface area is 191 Å². The Kier molecular flexibility index (Phi) is 5.43. The molecule has 1 fully saturated rings. The minimum absolute atomic E-state index is 0.0354. The first kappa shape index (κ1) is 21.0. The predicted molar refractivity (Wildman–Crippen MR) is 125 cm³/mol. The monoisotopic (exact) mass is 441 g/mol. The number of nitriles is 1. The molecule has 0 bridgehead atoms. The van der Waals surface area contributed by atoms with Crippen molar-refractivity contribution < 1.29 is 9.18 Å². The molecule has 5 rings (SSSR count). The van der Waals surface area contributed by atoms with E-state index in [0.717, 1.165) is 53.9 Å². The molecule has 6 nitrogen and oxygen atoms in total. The highest BCUT2D eigenvalue weighted by atomic mass is 19.1. The second kappa shape index (κ2) is 8.55. The summed E-state index contributed by atoms with van der Waals surface area (Å²) in [6.07, 6.45) is 1.48. The molecule has 1 aliphatic heterocycles. The minimum atomic E-state index is -0.282. The number of fused-ring (bicyclic) bond motifs is 3. The number of carbonyl (C=O) groups excluding carboxylic acids is 1. The summed E-state index contributed by atoms with van der Waals surface area (Å²) in [5, 5.41) is 12.7. The number of hydrogen-bond donors (Lipinski definition) is 1. The molecule has 7 heteroatoms. The molecule has 0 aliphatic carbocycles. The number of piperidine rings is 1. The van der Waals surface area contributed by atoms with Crippen molar-refractivity contribution >= 4 is 28.4 Å². The van der Waals surface area contributed by atoms with Crippen molar-refractivity contribution in [3.05, 3.63) is 77.1 Å². The average molecular weight is 442 g/mol. The zero-order chi connectivity index (χ0) is 22.9. The highest BCUT2D eigenvalue weighted by molar-refractivity contribution is 5.85. The lowest BCUT2D eigenvalue weighted by Gasteiger charge is -2.33. The number of anilines is 1. The smallest absolute Gasteiger partial charge is 0.223 e. The van der Waals surface area contributed by atoms with Gasteiger partial charge in [0.2, 0.25) is 5.91 Å². The quantitative estimate of drug-likeness (QED) is 0.511. The number of rotatable bonds is 4. The topological polar surface area (TPSA) is 73.4 Å². The molecule has 2 aromatic carbocycles. The van der Waals surface area contributed by atoms with Crippen molar-refractivity contribution in [2.45, 2.75) is 26.3 Å². The average Bonchev–Trinajstić information content (AvgIpc) is 3.22. The molecule has 1 aliphatic rings. The first-order valence-electron chi connectivity index (χ1n) is 11.1. The van der Waals surface area contributed by atoms with Crippen LogP contribution in [0.2, 0.25) is 0 Å². The summed E-state index contributed by atoms with van der Waals surface area (Å²) in [6, 6.07) is 18.4. The van der Waals surface area contributed by atoms with Gasteiger partial charge in [0, 0.05) is 25.6 Å². The largest absolute Gasteiger partial charge is 0.358 e. The molecule has 0 radical (unpaired) electrons. The van der Waals surface area contributed by atoms with Gasteiger partial charge in [-0.1, -0.05) is 24.3 Å². The second-order valence-corrected chi connectivity index (χ2v) is 8.54. The molecule has 0 atom stereocenters. The van der Waals surface area contributed by atoms with E-state index < -0.39 is 0 Å². The number of amides is 1. The second-order valence-electron chi connectivity index (χ2n) is 8.54. The highest BCUT2D eigenvalue weighted by Gasteiger charge is 2.27. The van der Waals surface area contributed by atoms with E-state index in [2.05, 4.69) is 26.8 Å². The molecule has 33 heavy (non-hydrogen) atoms. The van der Waals surface area contributed by atoms with Crippen LogP contribution < -0.4 is 10.2 Å². The van der Waals surface area contributed by atoms with E-state index >= 15 is 0 Å². The van der Waals surface area contributed by atoms with Gasteiger partial charge < -0.3 is 10.2 Å². The van der Waals surface area contributed by atoms with Gasteiger partial charge in [-0.05, 0) is 61.2 Å². The molecule has 1 saturated heterocycles. The summed E-state index contributed by atoms with van der Waals surface area (Å²) in [5.74, 6) is 0.694. The van der Waals surface area contributed by atoms with Crippen LogP contribution in [0, 0.1) is 30.0 Å². The van der Waals surface area contributed by atoms with Gasteiger partial charge in [0.25, 0.3) is 0 Å². The third-order valence-electron chi connectivity index (χ3n) is 6.43. The van der Waals surface area contributed by atoms with Gasteiger partial charge in [0.15, 0.2) is 5.65 Å². The number of pyridine rings is 1. The maximum Gasteiger partial charge on any atom is 0.223 e. The van der Waals surface area contributed by atoms with E-state index in [0.29, 0.717) is 17.8 Å². The van der Waals surface area contributed by atoms with Gasteiger partial charge in [-0.2, -0.15) is 5.26 Å². The molecule has 0 unspecified atom stereocenters. The van der Waals surface area contributed by atoms with Gasteiger partial charge >= 0.3 is 0 Å². The number of nitrogens with zero attached hydrogens (tertiary/aromatic N) is 4. The lowest BCUT2D eigenvalue weighted by Crippen LogP contribution is -2.41.